The molecule has 1 rings (SSSR count). The van der Waals surface area contributed by atoms with Gasteiger partial charge in [-0.3, -0.25) is 0 Å². The lowest BCUT2D eigenvalue weighted by Gasteiger charge is -2.19. The molecule has 0 aliphatic rings. The van der Waals surface area contributed by atoms with Gasteiger partial charge in [0.15, 0.2) is 0 Å². The van der Waals surface area contributed by atoms with Gasteiger partial charge in [-0.25, -0.2) is 0 Å². The Morgan fingerprint density at radius 2 is 1.75 bits per heavy atom. The van der Waals surface area contributed by atoms with Crippen molar-refractivity contribution in [2.75, 3.05) is 11.2 Å². The first-order valence-corrected chi connectivity index (χ1v) is 7.72. The molecule has 1 aromatic carbocycles. The van der Waals surface area contributed by atoms with Gasteiger partial charge in [0, 0.05) is 11.2 Å². The van der Waals surface area contributed by atoms with Gasteiger partial charge in [-0.1, -0.05) is 30.4 Å². The fourth-order valence-electron chi connectivity index (χ4n) is 1.01. The minimum absolute atomic E-state index is 0.761. The second-order valence-electron chi connectivity index (χ2n) is 3.64. The summed E-state index contributed by atoms with van der Waals surface area (Å²) in [6, 6.07) is 8.06. The Labute approximate surface area is 79.6 Å². The minimum Gasteiger partial charge on any atom is -0.399 e. The lowest BCUT2D eigenvalue weighted by Crippen LogP contribution is -2.43. The van der Waals surface area contributed by atoms with Gasteiger partial charge in [0.05, 0.1) is 8.07 Å². The van der Waals surface area contributed by atoms with Crippen LogP contribution >= 0.6 is 11.6 Å². The fraction of sp³-hybridized carbons (Fsp3) is 0.333. The number of rotatable bonds is 2. The van der Waals surface area contributed by atoms with Gasteiger partial charge >= 0.3 is 0 Å². The van der Waals surface area contributed by atoms with Crippen LogP contribution in [0.3, 0.4) is 0 Å². The molecule has 0 amide bonds. The number of halogens is 1. The van der Waals surface area contributed by atoms with Crippen LogP contribution in [-0.2, 0) is 0 Å². The van der Waals surface area contributed by atoms with Crippen molar-refractivity contribution in [3.63, 3.8) is 0 Å². The Morgan fingerprint density at radius 1 is 1.25 bits per heavy atom. The third-order valence-corrected chi connectivity index (χ3v) is 6.60. The summed E-state index contributed by atoms with van der Waals surface area (Å²) in [7, 11) is -1.37. The van der Waals surface area contributed by atoms with Crippen LogP contribution in [0.15, 0.2) is 24.3 Å². The van der Waals surface area contributed by atoms with Gasteiger partial charge < -0.3 is 5.73 Å². The third-order valence-electron chi connectivity index (χ3n) is 2.03. The van der Waals surface area contributed by atoms with Crippen molar-refractivity contribution in [1.29, 1.82) is 0 Å². The highest BCUT2D eigenvalue weighted by atomic mass is 35.5. The fourth-order valence-corrected chi connectivity index (χ4v) is 2.70. The lowest BCUT2D eigenvalue weighted by atomic mass is 10.3. The molecule has 0 unspecified atom stereocenters. The number of hydrogen-bond donors (Lipinski definition) is 1. The number of alkyl halides is 1. The van der Waals surface area contributed by atoms with Crippen LogP contribution in [0, 0.1) is 0 Å². The maximum atomic E-state index is 5.90. The molecule has 0 aliphatic carbocycles. The predicted molar refractivity (Wildman–Crippen MR) is 58.7 cm³/mol. The molecule has 0 saturated carbocycles. The molecule has 3 heteroatoms. The molecular formula is C9H14ClNSi. The summed E-state index contributed by atoms with van der Waals surface area (Å²) < 4.78 is 0. The molecule has 0 heterocycles. The number of anilines is 1. The van der Waals surface area contributed by atoms with Crippen molar-refractivity contribution < 1.29 is 0 Å². The maximum absolute atomic E-state index is 5.90. The van der Waals surface area contributed by atoms with E-state index in [0.29, 0.717) is 0 Å². The highest BCUT2D eigenvalue weighted by Gasteiger charge is 2.21. The first-order valence-electron chi connectivity index (χ1n) is 3.98. The molecule has 1 aromatic rings. The van der Waals surface area contributed by atoms with E-state index in [9.17, 15) is 0 Å². The van der Waals surface area contributed by atoms with Crippen LogP contribution in [0.2, 0.25) is 13.1 Å². The molecule has 0 atom stereocenters. The smallest absolute Gasteiger partial charge is 0.0959 e. The van der Waals surface area contributed by atoms with Crippen LogP contribution in [-0.4, -0.2) is 13.6 Å². The molecule has 12 heavy (non-hydrogen) atoms. The molecule has 0 aromatic heterocycles. The topological polar surface area (TPSA) is 26.0 Å². The highest BCUT2D eigenvalue weighted by Crippen LogP contribution is 2.07. The predicted octanol–water partition coefficient (Wildman–Crippen LogP) is 1.96. The van der Waals surface area contributed by atoms with Crippen molar-refractivity contribution in [2.24, 2.45) is 0 Å². The molecule has 0 fully saturated rings. The first kappa shape index (κ1) is 9.61. The molecule has 0 radical (unpaired) electrons. The van der Waals surface area contributed by atoms with E-state index in [1.54, 1.807) is 0 Å². The summed E-state index contributed by atoms with van der Waals surface area (Å²) in [4.78, 5) is 0. The van der Waals surface area contributed by atoms with E-state index < -0.39 is 8.07 Å². The molecule has 0 spiro atoms. The largest absolute Gasteiger partial charge is 0.399 e. The van der Waals surface area contributed by atoms with Crippen LogP contribution in [0.4, 0.5) is 5.69 Å². The molecule has 2 N–H and O–H groups in total. The van der Waals surface area contributed by atoms with E-state index in [1.807, 2.05) is 12.1 Å². The SMILES string of the molecule is C[Si](C)(CCl)c1ccc(N)cc1. The summed E-state index contributed by atoms with van der Waals surface area (Å²) in [5.41, 5.74) is 7.17. The van der Waals surface area contributed by atoms with Gasteiger partial charge in [0.25, 0.3) is 0 Å². The molecule has 0 saturated heterocycles. The third kappa shape index (κ3) is 2.02. The summed E-state index contributed by atoms with van der Waals surface area (Å²) in [6.45, 7) is 4.51. The number of nitrogen functional groups attached to an aromatic ring is 1. The second kappa shape index (κ2) is 3.50. The van der Waals surface area contributed by atoms with Crippen molar-refractivity contribution in [1.82, 2.24) is 0 Å². The van der Waals surface area contributed by atoms with Gasteiger partial charge in [-0.15, -0.1) is 11.6 Å². The van der Waals surface area contributed by atoms with Crippen molar-refractivity contribution in [3.8, 4) is 0 Å². The Balaban J connectivity index is 2.96. The van der Waals surface area contributed by atoms with E-state index in [1.165, 1.54) is 5.19 Å². The zero-order valence-electron chi connectivity index (χ0n) is 7.47. The Morgan fingerprint density at radius 3 is 2.17 bits per heavy atom. The van der Waals surface area contributed by atoms with E-state index >= 15 is 0 Å². The average molecular weight is 200 g/mol. The Kier molecular flexibility index (Phi) is 2.80. The Bertz CT molecular complexity index is 256. The van der Waals surface area contributed by atoms with Crippen molar-refractivity contribution in [2.45, 2.75) is 13.1 Å². The van der Waals surface area contributed by atoms with Gasteiger partial charge in [-0.2, -0.15) is 0 Å². The maximum Gasteiger partial charge on any atom is 0.0959 e. The standard InChI is InChI=1S/C9H14ClNSi/c1-12(2,7-10)9-5-3-8(11)4-6-9/h3-6H,7,11H2,1-2H3. The molecule has 0 bridgehead atoms. The molecular weight excluding hydrogens is 186 g/mol. The number of hydrogen-bond acceptors (Lipinski definition) is 1. The monoisotopic (exact) mass is 199 g/mol. The summed E-state index contributed by atoms with van der Waals surface area (Å²) >= 11 is 5.90. The normalized spacial score (nSPS) is 11.6. The van der Waals surface area contributed by atoms with Crippen LogP contribution in [0.1, 0.15) is 0 Å². The number of nitrogens with two attached hydrogens (primary N) is 1. The van der Waals surface area contributed by atoms with Gasteiger partial charge in [0.1, 0.15) is 0 Å². The van der Waals surface area contributed by atoms with E-state index in [2.05, 4.69) is 25.2 Å². The summed E-state index contributed by atoms with van der Waals surface area (Å²) in [5.74, 6) is 0. The van der Waals surface area contributed by atoms with E-state index in [0.717, 1.165) is 11.2 Å². The number of benzene rings is 1. The van der Waals surface area contributed by atoms with Crippen molar-refractivity contribution >= 4 is 30.5 Å². The van der Waals surface area contributed by atoms with E-state index in [4.69, 9.17) is 17.3 Å². The zero-order valence-corrected chi connectivity index (χ0v) is 9.23. The van der Waals surface area contributed by atoms with Crippen LogP contribution < -0.4 is 10.9 Å². The first-order chi connectivity index (χ1) is 5.56. The van der Waals surface area contributed by atoms with Crippen LogP contribution in [0.25, 0.3) is 0 Å². The quantitative estimate of drug-likeness (QED) is 0.440. The summed E-state index contributed by atoms with van der Waals surface area (Å²) in [6.07, 6.45) is 0. The van der Waals surface area contributed by atoms with Crippen molar-refractivity contribution in [3.05, 3.63) is 24.3 Å². The zero-order chi connectivity index (χ0) is 9.19. The van der Waals surface area contributed by atoms with Gasteiger partial charge in [-0.05, 0) is 12.1 Å². The molecule has 66 valence electrons. The highest BCUT2D eigenvalue weighted by molar-refractivity contribution is 6.94. The molecule has 1 nitrogen and oxygen atoms in total. The van der Waals surface area contributed by atoms with Gasteiger partial charge in [0.2, 0.25) is 0 Å². The average Bonchev–Trinajstić information content (AvgIpc) is 2.05. The van der Waals surface area contributed by atoms with E-state index in [-0.39, 0.29) is 0 Å². The second-order valence-corrected chi connectivity index (χ2v) is 9.05. The summed E-state index contributed by atoms with van der Waals surface area (Å²) in [5, 5.41) is 1.37. The minimum atomic E-state index is -1.37. The lowest BCUT2D eigenvalue weighted by molar-refractivity contribution is 1.65. The Hall–Kier alpha value is -0.473. The molecule has 0 aliphatic heterocycles. The van der Waals surface area contributed by atoms with Crippen LogP contribution in [0.5, 0.6) is 0 Å².